The van der Waals surface area contributed by atoms with Crippen LogP contribution in [0, 0.1) is 0 Å². The number of rotatable bonds is 9. The minimum absolute atomic E-state index is 0.204. The third kappa shape index (κ3) is 7.65. The zero-order valence-corrected chi connectivity index (χ0v) is 16.9. The van der Waals surface area contributed by atoms with Gasteiger partial charge in [-0.15, -0.1) is 11.3 Å². The molecule has 0 saturated carbocycles. The van der Waals surface area contributed by atoms with E-state index >= 15 is 0 Å². The Morgan fingerprint density at radius 3 is 2.71 bits per heavy atom. The van der Waals surface area contributed by atoms with Crippen molar-refractivity contribution in [3.63, 3.8) is 0 Å². The molecule has 0 bridgehead atoms. The zero-order valence-electron chi connectivity index (χ0n) is 16.1. The van der Waals surface area contributed by atoms with E-state index in [1.54, 1.807) is 11.3 Å². The molecule has 2 rings (SSSR count). The standard InChI is InChI=1S/C19H27F3N4OS/c1-3-23-18(24-9-6-10-26(2)13-19(20,21)22)25-12-15(27)17-11-14-7-4-5-8-16(14)28-17/h4-5,7-8,11,15,27H,3,6,9-10,12-13H2,1-2H3,(H2,23,24,25). The minimum Gasteiger partial charge on any atom is -0.386 e. The summed E-state index contributed by atoms with van der Waals surface area (Å²) in [6.07, 6.45) is -4.33. The lowest BCUT2D eigenvalue weighted by Crippen LogP contribution is -2.39. The van der Waals surface area contributed by atoms with Gasteiger partial charge in [0, 0.05) is 22.7 Å². The molecule has 1 aromatic carbocycles. The number of nitrogens with zero attached hydrogens (tertiary/aromatic N) is 2. The monoisotopic (exact) mass is 416 g/mol. The second kappa shape index (κ2) is 10.6. The molecule has 2 aromatic rings. The van der Waals surface area contributed by atoms with Gasteiger partial charge in [0.1, 0.15) is 6.10 Å². The van der Waals surface area contributed by atoms with E-state index in [1.807, 2.05) is 37.3 Å². The van der Waals surface area contributed by atoms with Gasteiger partial charge in [-0.25, -0.2) is 0 Å². The van der Waals surface area contributed by atoms with Crippen LogP contribution < -0.4 is 10.6 Å². The number of nitrogens with one attached hydrogen (secondary N) is 2. The highest BCUT2D eigenvalue weighted by Crippen LogP contribution is 2.29. The van der Waals surface area contributed by atoms with Gasteiger partial charge in [-0.2, -0.15) is 13.2 Å². The number of aliphatic imine (C=N–C) groups is 1. The predicted octanol–water partition coefficient (Wildman–Crippen LogP) is 3.37. The summed E-state index contributed by atoms with van der Waals surface area (Å²) in [7, 11) is 1.45. The van der Waals surface area contributed by atoms with Gasteiger partial charge in [0.15, 0.2) is 5.96 Å². The molecule has 1 atom stereocenters. The Morgan fingerprint density at radius 1 is 1.29 bits per heavy atom. The summed E-state index contributed by atoms with van der Waals surface area (Å²) >= 11 is 1.54. The number of aliphatic hydroxyl groups is 1. The molecule has 5 nitrogen and oxygen atoms in total. The van der Waals surface area contributed by atoms with Gasteiger partial charge in [0.25, 0.3) is 0 Å². The maximum atomic E-state index is 12.3. The van der Waals surface area contributed by atoms with Gasteiger partial charge in [-0.05, 0) is 44.5 Å². The molecule has 0 radical (unpaired) electrons. The van der Waals surface area contributed by atoms with Crippen molar-refractivity contribution in [2.24, 2.45) is 4.99 Å². The molecule has 1 aromatic heterocycles. The maximum absolute atomic E-state index is 12.3. The van der Waals surface area contributed by atoms with Crippen LogP contribution in [0.2, 0.25) is 0 Å². The number of alkyl halides is 3. The van der Waals surface area contributed by atoms with Crippen LogP contribution in [0.3, 0.4) is 0 Å². The molecule has 28 heavy (non-hydrogen) atoms. The molecule has 0 amide bonds. The summed E-state index contributed by atoms with van der Waals surface area (Å²) in [6.45, 7) is 2.69. The summed E-state index contributed by atoms with van der Waals surface area (Å²) in [6, 6.07) is 9.92. The van der Waals surface area contributed by atoms with Crippen molar-refractivity contribution in [2.45, 2.75) is 25.6 Å². The molecule has 0 aliphatic carbocycles. The van der Waals surface area contributed by atoms with Crippen molar-refractivity contribution < 1.29 is 18.3 Å². The van der Waals surface area contributed by atoms with Crippen molar-refractivity contribution in [3.8, 4) is 0 Å². The summed E-state index contributed by atoms with van der Waals surface area (Å²) in [5, 5.41) is 17.7. The van der Waals surface area contributed by atoms with E-state index in [9.17, 15) is 18.3 Å². The molecule has 3 N–H and O–H groups in total. The smallest absolute Gasteiger partial charge is 0.386 e. The van der Waals surface area contributed by atoms with Gasteiger partial charge < -0.3 is 15.7 Å². The van der Waals surface area contributed by atoms with Gasteiger partial charge in [-0.3, -0.25) is 9.89 Å². The van der Waals surface area contributed by atoms with E-state index < -0.39 is 18.8 Å². The number of hydrogen-bond donors (Lipinski definition) is 3. The van der Waals surface area contributed by atoms with Crippen LogP contribution in [0.25, 0.3) is 10.1 Å². The fraction of sp³-hybridized carbons (Fsp3) is 0.526. The Hall–Kier alpha value is -1.84. The second-order valence-corrected chi connectivity index (χ2v) is 7.67. The van der Waals surface area contributed by atoms with Crippen LogP contribution in [0.5, 0.6) is 0 Å². The Morgan fingerprint density at radius 2 is 2.04 bits per heavy atom. The molecule has 0 aliphatic rings. The summed E-state index contributed by atoms with van der Waals surface area (Å²) in [5.74, 6) is 0.543. The molecular formula is C19H27F3N4OS. The lowest BCUT2D eigenvalue weighted by atomic mass is 10.2. The molecule has 156 valence electrons. The number of halogens is 3. The average Bonchev–Trinajstić information content (AvgIpc) is 3.05. The van der Waals surface area contributed by atoms with Crippen LogP contribution in [0.15, 0.2) is 35.3 Å². The lowest BCUT2D eigenvalue weighted by Gasteiger charge is -2.19. The molecule has 0 saturated heterocycles. The molecule has 1 heterocycles. The molecule has 0 aliphatic heterocycles. The molecular weight excluding hydrogens is 389 g/mol. The zero-order chi connectivity index (χ0) is 20.6. The fourth-order valence-electron chi connectivity index (χ4n) is 2.72. The van der Waals surface area contributed by atoms with E-state index in [2.05, 4.69) is 15.6 Å². The largest absolute Gasteiger partial charge is 0.401 e. The quantitative estimate of drug-likeness (QED) is 0.333. The van der Waals surface area contributed by atoms with Gasteiger partial charge in [0.05, 0.1) is 13.1 Å². The number of hydrogen-bond acceptors (Lipinski definition) is 4. The lowest BCUT2D eigenvalue weighted by molar-refractivity contribution is -0.143. The summed E-state index contributed by atoms with van der Waals surface area (Å²) in [4.78, 5) is 6.50. The first-order chi connectivity index (χ1) is 13.3. The van der Waals surface area contributed by atoms with Crippen molar-refractivity contribution in [1.82, 2.24) is 15.5 Å². The normalized spacial score (nSPS) is 13.9. The van der Waals surface area contributed by atoms with Crippen molar-refractivity contribution in [1.29, 1.82) is 0 Å². The fourth-order valence-corrected chi connectivity index (χ4v) is 3.76. The third-order valence-corrected chi connectivity index (χ3v) is 5.22. The van der Waals surface area contributed by atoms with E-state index in [4.69, 9.17) is 0 Å². The summed E-state index contributed by atoms with van der Waals surface area (Å²) in [5.41, 5.74) is 0. The molecule has 0 spiro atoms. The van der Waals surface area contributed by atoms with Crippen LogP contribution in [0.4, 0.5) is 13.2 Å². The SMILES string of the molecule is CCNC(=NCC(O)c1cc2ccccc2s1)NCCCN(C)CC(F)(F)F. The van der Waals surface area contributed by atoms with Crippen LogP contribution in [-0.4, -0.2) is 61.9 Å². The first-order valence-electron chi connectivity index (χ1n) is 9.22. The minimum atomic E-state index is -4.18. The predicted molar refractivity (Wildman–Crippen MR) is 109 cm³/mol. The van der Waals surface area contributed by atoms with Crippen LogP contribution in [-0.2, 0) is 0 Å². The van der Waals surface area contributed by atoms with Gasteiger partial charge in [0.2, 0.25) is 0 Å². The highest BCUT2D eigenvalue weighted by molar-refractivity contribution is 7.19. The summed E-state index contributed by atoms with van der Waals surface area (Å²) < 4.78 is 38.1. The first-order valence-corrected chi connectivity index (χ1v) is 10.0. The van der Waals surface area contributed by atoms with E-state index in [0.29, 0.717) is 32.0 Å². The Bertz CT molecular complexity index is 730. The van der Waals surface area contributed by atoms with E-state index in [1.165, 1.54) is 11.9 Å². The topological polar surface area (TPSA) is 59.9 Å². The third-order valence-electron chi connectivity index (χ3n) is 4.00. The number of thiophene rings is 1. The van der Waals surface area contributed by atoms with E-state index in [0.717, 1.165) is 15.0 Å². The molecule has 9 heteroatoms. The molecule has 0 fully saturated rings. The number of guanidine groups is 1. The van der Waals surface area contributed by atoms with Gasteiger partial charge >= 0.3 is 6.18 Å². The number of aliphatic hydroxyl groups excluding tert-OH is 1. The number of benzene rings is 1. The molecule has 1 unspecified atom stereocenters. The maximum Gasteiger partial charge on any atom is 0.401 e. The Balaban J connectivity index is 1.82. The van der Waals surface area contributed by atoms with Gasteiger partial charge in [-0.1, -0.05) is 18.2 Å². The number of fused-ring (bicyclic) bond motifs is 1. The second-order valence-electron chi connectivity index (χ2n) is 6.56. The average molecular weight is 417 g/mol. The Labute approximate surface area is 167 Å². The first kappa shape index (κ1) is 22.4. The highest BCUT2D eigenvalue weighted by Gasteiger charge is 2.28. The van der Waals surface area contributed by atoms with Crippen LogP contribution in [0.1, 0.15) is 24.3 Å². The van der Waals surface area contributed by atoms with Crippen LogP contribution >= 0.6 is 11.3 Å². The Kier molecular flexibility index (Phi) is 8.53. The van der Waals surface area contributed by atoms with Crippen molar-refractivity contribution in [2.75, 3.05) is 39.8 Å². The highest BCUT2D eigenvalue weighted by atomic mass is 32.1. The van der Waals surface area contributed by atoms with Crippen molar-refractivity contribution in [3.05, 3.63) is 35.2 Å². The van der Waals surface area contributed by atoms with Crippen molar-refractivity contribution >= 4 is 27.4 Å². The van der Waals surface area contributed by atoms with E-state index in [-0.39, 0.29) is 6.54 Å².